The lowest BCUT2D eigenvalue weighted by Crippen LogP contribution is -2.00. The molecule has 4 N–H and O–H groups in total. The van der Waals surface area contributed by atoms with Crippen LogP contribution in [0.4, 0.5) is 11.4 Å². The third-order valence-electron chi connectivity index (χ3n) is 2.20. The topological polar surface area (TPSA) is 52.0 Å². The van der Waals surface area contributed by atoms with Crippen LogP contribution in [0.5, 0.6) is 0 Å². The van der Waals surface area contributed by atoms with E-state index in [0.717, 1.165) is 28.1 Å². The molecule has 1 aromatic carbocycles. The van der Waals surface area contributed by atoms with E-state index in [-0.39, 0.29) is 12.4 Å². The van der Waals surface area contributed by atoms with E-state index in [0.29, 0.717) is 0 Å². The Balaban J connectivity index is 0.00000121. The summed E-state index contributed by atoms with van der Waals surface area (Å²) in [5.74, 6) is 0. The van der Waals surface area contributed by atoms with Crippen LogP contribution < -0.4 is 11.5 Å². The number of nitrogens with two attached hydrogens (primary N) is 2. The standard InChI is InChI=1S/C9H14N2.ClH/c1-5-4-8(10)6(2)7(3)9(5)11;/h4H,10-11H2,1-3H3;1H. The van der Waals surface area contributed by atoms with Gasteiger partial charge in [-0.15, -0.1) is 12.4 Å². The van der Waals surface area contributed by atoms with Crippen LogP contribution in [0.2, 0.25) is 0 Å². The number of rotatable bonds is 0. The van der Waals surface area contributed by atoms with Gasteiger partial charge in [-0.05, 0) is 43.5 Å². The SMILES string of the molecule is Cc1cc(N)c(C)c(C)c1N.Cl. The average molecular weight is 187 g/mol. The Kier molecular flexibility index (Phi) is 3.40. The van der Waals surface area contributed by atoms with Crippen LogP contribution in [0.1, 0.15) is 16.7 Å². The second kappa shape index (κ2) is 3.68. The Morgan fingerprint density at radius 2 is 1.50 bits per heavy atom. The van der Waals surface area contributed by atoms with Crippen molar-refractivity contribution in [3.05, 3.63) is 22.8 Å². The second-order valence-electron chi connectivity index (χ2n) is 2.95. The highest BCUT2D eigenvalue weighted by Crippen LogP contribution is 2.24. The molecule has 2 nitrogen and oxygen atoms in total. The zero-order chi connectivity index (χ0) is 8.59. The minimum absolute atomic E-state index is 0. The molecule has 0 aliphatic heterocycles. The van der Waals surface area contributed by atoms with Crippen LogP contribution in [0.15, 0.2) is 6.07 Å². The van der Waals surface area contributed by atoms with Gasteiger partial charge in [-0.25, -0.2) is 0 Å². The smallest absolute Gasteiger partial charge is 0.0377 e. The highest BCUT2D eigenvalue weighted by Gasteiger charge is 2.03. The maximum absolute atomic E-state index is 5.80. The fraction of sp³-hybridized carbons (Fsp3) is 0.333. The van der Waals surface area contributed by atoms with E-state index < -0.39 is 0 Å². The summed E-state index contributed by atoms with van der Waals surface area (Å²) in [5, 5.41) is 0. The summed E-state index contributed by atoms with van der Waals surface area (Å²) < 4.78 is 0. The van der Waals surface area contributed by atoms with Crippen molar-refractivity contribution in [3.8, 4) is 0 Å². The maximum atomic E-state index is 5.80. The summed E-state index contributed by atoms with van der Waals surface area (Å²) in [6.07, 6.45) is 0. The lowest BCUT2D eigenvalue weighted by atomic mass is 10.0. The van der Waals surface area contributed by atoms with Crippen molar-refractivity contribution in [1.82, 2.24) is 0 Å². The first-order valence-corrected chi connectivity index (χ1v) is 3.65. The van der Waals surface area contributed by atoms with Gasteiger partial charge in [-0.2, -0.15) is 0 Å². The summed E-state index contributed by atoms with van der Waals surface area (Å²) >= 11 is 0. The van der Waals surface area contributed by atoms with Gasteiger partial charge in [-0.3, -0.25) is 0 Å². The van der Waals surface area contributed by atoms with Gasteiger partial charge < -0.3 is 11.5 Å². The van der Waals surface area contributed by atoms with E-state index in [1.54, 1.807) is 0 Å². The number of benzene rings is 1. The Labute approximate surface area is 79.4 Å². The summed E-state index contributed by atoms with van der Waals surface area (Å²) in [6, 6.07) is 1.91. The van der Waals surface area contributed by atoms with Crippen molar-refractivity contribution in [2.24, 2.45) is 0 Å². The van der Waals surface area contributed by atoms with Gasteiger partial charge >= 0.3 is 0 Å². The summed E-state index contributed by atoms with van der Waals surface area (Å²) in [6.45, 7) is 5.95. The normalized spacial score (nSPS) is 9.25. The van der Waals surface area contributed by atoms with Gasteiger partial charge in [0.25, 0.3) is 0 Å². The fourth-order valence-electron chi connectivity index (χ4n) is 1.13. The average Bonchev–Trinajstić information content (AvgIpc) is 1.97. The van der Waals surface area contributed by atoms with Gasteiger partial charge in [0.05, 0.1) is 0 Å². The van der Waals surface area contributed by atoms with Crippen molar-refractivity contribution in [2.45, 2.75) is 20.8 Å². The summed E-state index contributed by atoms with van der Waals surface area (Å²) in [5.41, 5.74) is 16.5. The van der Waals surface area contributed by atoms with Crippen LogP contribution in [0.3, 0.4) is 0 Å². The molecule has 3 heteroatoms. The molecule has 68 valence electrons. The first-order valence-electron chi connectivity index (χ1n) is 3.65. The molecular formula is C9H15ClN2. The number of hydrogen-bond acceptors (Lipinski definition) is 2. The van der Waals surface area contributed by atoms with Crippen LogP contribution >= 0.6 is 12.4 Å². The van der Waals surface area contributed by atoms with E-state index in [1.807, 2.05) is 26.8 Å². The number of aryl methyl sites for hydroxylation is 1. The van der Waals surface area contributed by atoms with E-state index >= 15 is 0 Å². The monoisotopic (exact) mass is 186 g/mol. The Morgan fingerprint density at radius 1 is 1.00 bits per heavy atom. The van der Waals surface area contributed by atoms with Gasteiger partial charge in [0.2, 0.25) is 0 Å². The molecule has 0 spiro atoms. The molecule has 0 radical (unpaired) electrons. The van der Waals surface area contributed by atoms with Crippen molar-refractivity contribution in [3.63, 3.8) is 0 Å². The molecule has 0 saturated carbocycles. The number of nitrogen functional groups attached to an aromatic ring is 2. The first-order chi connectivity index (χ1) is 5.04. The highest BCUT2D eigenvalue weighted by molar-refractivity contribution is 5.85. The molecule has 0 aliphatic rings. The molecule has 0 bridgehead atoms. The molecule has 12 heavy (non-hydrogen) atoms. The molecule has 0 aliphatic carbocycles. The number of anilines is 2. The lowest BCUT2D eigenvalue weighted by Gasteiger charge is -2.10. The molecule has 1 rings (SSSR count). The molecule has 0 unspecified atom stereocenters. The molecule has 0 aromatic heterocycles. The summed E-state index contributed by atoms with van der Waals surface area (Å²) in [7, 11) is 0. The Hall–Kier alpha value is -0.890. The molecule has 0 heterocycles. The fourth-order valence-corrected chi connectivity index (χ4v) is 1.13. The van der Waals surface area contributed by atoms with Crippen LogP contribution in [-0.4, -0.2) is 0 Å². The lowest BCUT2D eigenvalue weighted by molar-refractivity contribution is 1.31. The van der Waals surface area contributed by atoms with Crippen molar-refractivity contribution in [1.29, 1.82) is 0 Å². The number of halogens is 1. The largest absolute Gasteiger partial charge is 0.398 e. The van der Waals surface area contributed by atoms with E-state index in [1.165, 1.54) is 0 Å². The molecule has 0 fully saturated rings. The molecule has 0 amide bonds. The number of hydrogen-bond donors (Lipinski definition) is 2. The quantitative estimate of drug-likeness (QED) is 0.611. The second-order valence-corrected chi connectivity index (χ2v) is 2.95. The van der Waals surface area contributed by atoms with E-state index in [9.17, 15) is 0 Å². The third kappa shape index (κ3) is 1.64. The van der Waals surface area contributed by atoms with Gasteiger partial charge in [-0.1, -0.05) is 0 Å². The molecule has 0 saturated heterocycles. The van der Waals surface area contributed by atoms with Crippen LogP contribution in [0.25, 0.3) is 0 Å². The Morgan fingerprint density at radius 3 is 2.00 bits per heavy atom. The van der Waals surface area contributed by atoms with Gasteiger partial charge in [0.15, 0.2) is 0 Å². The zero-order valence-electron chi connectivity index (χ0n) is 7.64. The van der Waals surface area contributed by atoms with Crippen molar-refractivity contribution < 1.29 is 0 Å². The molecule has 1 aromatic rings. The Bertz CT molecular complexity index is 269. The first kappa shape index (κ1) is 11.1. The molecular weight excluding hydrogens is 172 g/mol. The van der Waals surface area contributed by atoms with Crippen molar-refractivity contribution in [2.75, 3.05) is 11.5 Å². The predicted octanol–water partition coefficient (Wildman–Crippen LogP) is 2.20. The van der Waals surface area contributed by atoms with Gasteiger partial charge in [0, 0.05) is 11.4 Å². The summed E-state index contributed by atoms with van der Waals surface area (Å²) in [4.78, 5) is 0. The van der Waals surface area contributed by atoms with Gasteiger partial charge in [0.1, 0.15) is 0 Å². The maximum Gasteiger partial charge on any atom is 0.0377 e. The van der Waals surface area contributed by atoms with E-state index in [2.05, 4.69) is 0 Å². The minimum atomic E-state index is 0. The van der Waals surface area contributed by atoms with E-state index in [4.69, 9.17) is 11.5 Å². The zero-order valence-corrected chi connectivity index (χ0v) is 8.46. The van der Waals surface area contributed by atoms with Crippen LogP contribution in [-0.2, 0) is 0 Å². The highest BCUT2D eigenvalue weighted by atomic mass is 35.5. The minimum Gasteiger partial charge on any atom is -0.398 e. The third-order valence-corrected chi connectivity index (χ3v) is 2.20. The predicted molar refractivity (Wildman–Crippen MR) is 56.7 cm³/mol. The molecule has 0 atom stereocenters. The van der Waals surface area contributed by atoms with Crippen molar-refractivity contribution >= 4 is 23.8 Å². The van der Waals surface area contributed by atoms with Crippen LogP contribution in [0, 0.1) is 20.8 Å².